The van der Waals surface area contributed by atoms with Crippen LogP contribution in [0.2, 0.25) is 0 Å². The molecule has 2 saturated carbocycles. The van der Waals surface area contributed by atoms with E-state index in [1.54, 1.807) is 57.8 Å². The fourth-order valence-electron chi connectivity index (χ4n) is 6.36. The fourth-order valence-corrected chi connectivity index (χ4v) is 6.63. The lowest BCUT2D eigenvalue weighted by atomic mass is 9.81. The average Bonchev–Trinajstić information content (AvgIpc) is 3.67. The van der Waals surface area contributed by atoms with Gasteiger partial charge < -0.3 is 14.5 Å². The molecule has 2 amide bonds. The minimum atomic E-state index is -0.418. The lowest BCUT2D eigenvalue weighted by Crippen LogP contribution is -2.53. The molecule has 3 atom stereocenters. The van der Waals surface area contributed by atoms with Crippen molar-refractivity contribution in [1.29, 1.82) is 0 Å². The normalized spacial score (nSPS) is 21.4. The van der Waals surface area contributed by atoms with Crippen molar-refractivity contribution >= 4 is 43.9 Å². The molecule has 3 aromatic rings. The van der Waals surface area contributed by atoms with Gasteiger partial charge in [0.15, 0.2) is 3.79 Å². The van der Waals surface area contributed by atoms with E-state index >= 15 is 0 Å². The number of halogens is 2. The summed E-state index contributed by atoms with van der Waals surface area (Å²) in [5.74, 6) is 0.732. The standard InChI is InChI=1S/C32H30FIN2O4/c33-21-11-16-26-28(19-21)36(32(39)20-9-14-24(15-10-20)40-23-5-2-1-3-6-23)27-8-4-7-25(27)31(26)35(22-12-13-22)30(38)18-17-29(34)37/h1-3,5-6,9-11,14-16,19,22,25,27,31H,4,7-8,12-13,17-18H2. The Labute approximate surface area is 246 Å². The second kappa shape index (κ2) is 11.3. The summed E-state index contributed by atoms with van der Waals surface area (Å²) in [5.41, 5.74) is 1.84. The number of hydrogen-bond acceptors (Lipinski definition) is 4. The molecule has 6 rings (SSSR count). The molecule has 8 heteroatoms. The van der Waals surface area contributed by atoms with E-state index in [2.05, 4.69) is 0 Å². The van der Waals surface area contributed by atoms with Crippen LogP contribution in [0.15, 0.2) is 72.8 Å². The number of carbonyl (C=O) groups is 3. The Hall–Kier alpha value is -3.27. The van der Waals surface area contributed by atoms with Gasteiger partial charge in [0.2, 0.25) is 5.91 Å². The quantitative estimate of drug-likeness (QED) is 0.191. The summed E-state index contributed by atoms with van der Waals surface area (Å²) in [6, 6.07) is 20.8. The Morgan fingerprint density at radius 3 is 2.33 bits per heavy atom. The highest BCUT2D eigenvalue weighted by Crippen LogP contribution is 2.53. The number of hydrogen-bond donors (Lipinski definition) is 0. The van der Waals surface area contributed by atoms with Crippen LogP contribution in [0.1, 0.15) is 66.9 Å². The molecule has 0 N–H and O–H groups in total. The first-order valence-electron chi connectivity index (χ1n) is 13.9. The Kier molecular flexibility index (Phi) is 7.61. The Bertz CT molecular complexity index is 1430. The number of para-hydroxylation sites is 1. The van der Waals surface area contributed by atoms with Gasteiger partial charge in [-0.15, -0.1) is 0 Å². The molecule has 0 spiro atoms. The zero-order valence-corrected chi connectivity index (χ0v) is 24.1. The highest BCUT2D eigenvalue weighted by molar-refractivity contribution is 14.1. The third-order valence-electron chi connectivity index (χ3n) is 8.20. The number of rotatable bonds is 8. The van der Waals surface area contributed by atoms with Gasteiger partial charge in [0.25, 0.3) is 5.91 Å². The van der Waals surface area contributed by atoms with Crippen LogP contribution >= 0.6 is 22.6 Å². The van der Waals surface area contributed by atoms with Gasteiger partial charge in [-0.05, 0) is 102 Å². The van der Waals surface area contributed by atoms with Crippen LogP contribution in [-0.2, 0) is 9.59 Å². The molecule has 3 aromatic carbocycles. The number of carbonyl (C=O) groups excluding carboxylic acids is 3. The number of nitrogens with zero attached hydrogens (tertiary/aromatic N) is 2. The van der Waals surface area contributed by atoms with E-state index in [9.17, 15) is 18.8 Å². The Morgan fingerprint density at radius 2 is 1.62 bits per heavy atom. The molecule has 1 heterocycles. The topological polar surface area (TPSA) is 66.9 Å². The predicted molar refractivity (Wildman–Crippen MR) is 158 cm³/mol. The van der Waals surface area contributed by atoms with Gasteiger partial charge in [-0.25, -0.2) is 4.39 Å². The zero-order chi connectivity index (χ0) is 27.8. The highest BCUT2D eigenvalue weighted by atomic mass is 127. The van der Waals surface area contributed by atoms with Gasteiger partial charge in [0.1, 0.15) is 17.3 Å². The third-order valence-corrected chi connectivity index (χ3v) is 8.74. The molecule has 206 valence electrons. The molecule has 0 bridgehead atoms. The molecule has 0 radical (unpaired) electrons. The van der Waals surface area contributed by atoms with E-state index in [4.69, 9.17) is 4.74 Å². The molecule has 6 nitrogen and oxygen atoms in total. The second-order valence-corrected chi connectivity index (χ2v) is 12.0. The molecule has 3 aliphatic rings. The molecule has 3 unspecified atom stereocenters. The summed E-state index contributed by atoms with van der Waals surface area (Å²) >= 11 is 1.73. The SMILES string of the molecule is O=C(I)CCC(=O)N(C1CC1)C1c2ccc(F)cc2N(C(=O)c2ccc(Oc3ccccc3)cc2)C2CCCC21. The summed E-state index contributed by atoms with van der Waals surface area (Å²) in [6.45, 7) is 0. The van der Waals surface area contributed by atoms with Crippen molar-refractivity contribution in [2.45, 2.75) is 63.1 Å². The van der Waals surface area contributed by atoms with Crippen LogP contribution in [0.25, 0.3) is 0 Å². The van der Waals surface area contributed by atoms with Crippen LogP contribution in [0.3, 0.4) is 0 Å². The summed E-state index contributed by atoms with van der Waals surface area (Å²) in [6.07, 6.45) is 4.81. The van der Waals surface area contributed by atoms with E-state index in [1.165, 1.54) is 12.1 Å². The van der Waals surface area contributed by atoms with Crippen LogP contribution in [0.4, 0.5) is 10.1 Å². The molecule has 40 heavy (non-hydrogen) atoms. The first-order valence-corrected chi connectivity index (χ1v) is 14.9. The van der Waals surface area contributed by atoms with E-state index in [0.29, 0.717) is 22.7 Å². The van der Waals surface area contributed by atoms with Gasteiger partial charge in [0, 0.05) is 36.4 Å². The molecule has 0 aromatic heterocycles. The Morgan fingerprint density at radius 1 is 0.900 bits per heavy atom. The number of anilines is 1. The highest BCUT2D eigenvalue weighted by Gasteiger charge is 2.51. The summed E-state index contributed by atoms with van der Waals surface area (Å²) < 4.78 is 20.6. The van der Waals surface area contributed by atoms with Crippen molar-refractivity contribution < 1.29 is 23.5 Å². The summed E-state index contributed by atoms with van der Waals surface area (Å²) in [5, 5.41) is 0. The first kappa shape index (κ1) is 26.9. The van der Waals surface area contributed by atoms with E-state index in [-0.39, 0.29) is 52.5 Å². The lowest BCUT2D eigenvalue weighted by molar-refractivity contribution is -0.136. The predicted octanol–water partition coefficient (Wildman–Crippen LogP) is 7.22. The Balaban J connectivity index is 1.34. The zero-order valence-electron chi connectivity index (χ0n) is 22.0. The largest absolute Gasteiger partial charge is 0.457 e. The minimum absolute atomic E-state index is 0.0350. The molecule has 0 saturated heterocycles. The molecular formula is C32H30FIN2O4. The van der Waals surface area contributed by atoms with E-state index in [1.807, 2.05) is 35.2 Å². The van der Waals surface area contributed by atoms with Crippen LogP contribution in [-0.4, -0.2) is 32.6 Å². The molecule has 2 fully saturated rings. The van der Waals surface area contributed by atoms with Crippen molar-refractivity contribution in [3.8, 4) is 11.5 Å². The van der Waals surface area contributed by atoms with Crippen LogP contribution in [0.5, 0.6) is 11.5 Å². The van der Waals surface area contributed by atoms with Gasteiger partial charge >= 0.3 is 0 Å². The maximum Gasteiger partial charge on any atom is 0.258 e. The van der Waals surface area contributed by atoms with Crippen molar-refractivity contribution in [2.24, 2.45) is 5.92 Å². The third kappa shape index (κ3) is 5.38. The monoisotopic (exact) mass is 652 g/mol. The van der Waals surface area contributed by atoms with Crippen molar-refractivity contribution in [3.05, 3.63) is 89.7 Å². The maximum atomic E-state index is 14.7. The number of ether oxygens (including phenoxy) is 1. The molecular weight excluding hydrogens is 622 g/mol. The van der Waals surface area contributed by atoms with E-state index in [0.717, 1.165) is 37.7 Å². The minimum Gasteiger partial charge on any atom is -0.457 e. The van der Waals surface area contributed by atoms with Gasteiger partial charge in [0.05, 0.1) is 11.7 Å². The molecule has 1 aliphatic heterocycles. The van der Waals surface area contributed by atoms with Crippen LogP contribution in [0, 0.1) is 11.7 Å². The van der Waals surface area contributed by atoms with Gasteiger partial charge in [-0.2, -0.15) is 0 Å². The summed E-state index contributed by atoms with van der Waals surface area (Å²) in [4.78, 5) is 42.9. The number of fused-ring (bicyclic) bond motifs is 2. The maximum absolute atomic E-state index is 14.7. The number of benzene rings is 3. The van der Waals surface area contributed by atoms with Gasteiger partial charge in [-0.1, -0.05) is 30.7 Å². The lowest BCUT2D eigenvalue weighted by Gasteiger charge is -2.48. The van der Waals surface area contributed by atoms with Crippen molar-refractivity contribution in [1.82, 2.24) is 4.90 Å². The van der Waals surface area contributed by atoms with Gasteiger partial charge in [-0.3, -0.25) is 14.4 Å². The van der Waals surface area contributed by atoms with Crippen molar-refractivity contribution in [3.63, 3.8) is 0 Å². The number of amides is 2. The first-order chi connectivity index (χ1) is 19.4. The molecule has 2 aliphatic carbocycles. The average molecular weight is 653 g/mol. The van der Waals surface area contributed by atoms with Crippen LogP contribution < -0.4 is 9.64 Å². The second-order valence-electron chi connectivity index (χ2n) is 10.8. The fraction of sp³-hybridized carbons (Fsp3) is 0.344. The van der Waals surface area contributed by atoms with E-state index < -0.39 is 5.82 Å². The smallest absolute Gasteiger partial charge is 0.258 e. The van der Waals surface area contributed by atoms with Crippen molar-refractivity contribution in [2.75, 3.05) is 4.90 Å². The summed E-state index contributed by atoms with van der Waals surface area (Å²) in [7, 11) is 0.